The first-order chi connectivity index (χ1) is 8.52. The number of carboxylic acid groups (broad SMARTS) is 1. The Morgan fingerprint density at radius 2 is 2.06 bits per heavy atom. The summed E-state index contributed by atoms with van der Waals surface area (Å²) in [4.78, 5) is 22.4. The van der Waals surface area contributed by atoms with Gasteiger partial charge in [-0.2, -0.15) is 0 Å². The van der Waals surface area contributed by atoms with Crippen molar-refractivity contribution in [3.05, 3.63) is 0 Å². The SMILES string of the molecule is COCCC(C)NC(=O)NC(CC(=O)O)C1CC1. The van der Waals surface area contributed by atoms with Gasteiger partial charge < -0.3 is 20.5 Å². The third-order valence-corrected chi connectivity index (χ3v) is 3.03. The smallest absolute Gasteiger partial charge is 0.315 e. The van der Waals surface area contributed by atoms with Gasteiger partial charge in [0.2, 0.25) is 0 Å². The summed E-state index contributed by atoms with van der Waals surface area (Å²) in [7, 11) is 1.61. The summed E-state index contributed by atoms with van der Waals surface area (Å²) >= 11 is 0. The Balaban J connectivity index is 2.29. The van der Waals surface area contributed by atoms with Crippen molar-refractivity contribution >= 4 is 12.0 Å². The number of carbonyl (C=O) groups excluding carboxylic acids is 1. The summed E-state index contributed by atoms with van der Waals surface area (Å²) in [5, 5.41) is 14.3. The summed E-state index contributed by atoms with van der Waals surface area (Å²) < 4.78 is 4.93. The van der Waals surface area contributed by atoms with Crippen LogP contribution in [0.4, 0.5) is 4.79 Å². The molecule has 1 aliphatic rings. The van der Waals surface area contributed by atoms with E-state index in [-0.39, 0.29) is 24.5 Å². The third kappa shape index (κ3) is 5.86. The molecule has 1 rings (SSSR count). The van der Waals surface area contributed by atoms with Crippen molar-refractivity contribution in [2.75, 3.05) is 13.7 Å². The highest BCUT2D eigenvalue weighted by Crippen LogP contribution is 2.33. The lowest BCUT2D eigenvalue weighted by Crippen LogP contribution is -2.47. The predicted octanol–water partition coefficient (Wildman–Crippen LogP) is 0.964. The molecule has 0 aliphatic heterocycles. The summed E-state index contributed by atoms with van der Waals surface area (Å²) in [5.41, 5.74) is 0. The second-order valence-electron chi connectivity index (χ2n) is 4.84. The fourth-order valence-electron chi connectivity index (χ4n) is 1.82. The van der Waals surface area contributed by atoms with E-state index in [2.05, 4.69) is 10.6 Å². The van der Waals surface area contributed by atoms with Crippen LogP contribution in [0.5, 0.6) is 0 Å². The van der Waals surface area contributed by atoms with Crippen molar-refractivity contribution in [2.24, 2.45) is 5.92 Å². The average Bonchev–Trinajstić information content (AvgIpc) is 3.08. The molecule has 0 bridgehead atoms. The second kappa shape index (κ2) is 7.20. The summed E-state index contributed by atoms with van der Waals surface area (Å²) in [6.45, 7) is 2.48. The minimum Gasteiger partial charge on any atom is -0.481 e. The maximum atomic E-state index is 11.7. The lowest BCUT2D eigenvalue weighted by molar-refractivity contribution is -0.137. The monoisotopic (exact) mass is 258 g/mol. The number of rotatable bonds is 8. The molecule has 6 heteroatoms. The van der Waals surface area contributed by atoms with Gasteiger partial charge in [0.15, 0.2) is 0 Å². The molecule has 3 N–H and O–H groups in total. The molecule has 0 aromatic rings. The number of aliphatic carboxylic acids is 1. The first-order valence-corrected chi connectivity index (χ1v) is 6.30. The summed E-state index contributed by atoms with van der Waals surface area (Å²) in [5.74, 6) is -0.555. The highest BCUT2D eigenvalue weighted by molar-refractivity contribution is 5.76. The molecule has 1 fully saturated rings. The van der Waals surface area contributed by atoms with E-state index in [1.807, 2.05) is 6.92 Å². The lowest BCUT2D eigenvalue weighted by atomic mass is 10.1. The molecule has 1 saturated carbocycles. The standard InChI is InChI=1S/C12H22N2O4/c1-8(5-6-18-2)13-12(17)14-10(7-11(15)16)9-3-4-9/h8-10H,3-7H2,1-2H3,(H,15,16)(H2,13,14,17). The molecule has 18 heavy (non-hydrogen) atoms. The Hall–Kier alpha value is -1.30. The molecule has 0 saturated heterocycles. The topological polar surface area (TPSA) is 87.7 Å². The van der Waals surface area contributed by atoms with E-state index in [1.165, 1.54) is 0 Å². The van der Waals surface area contributed by atoms with E-state index in [1.54, 1.807) is 7.11 Å². The highest BCUT2D eigenvalue weighted by Gasteiger charge is 2.33. The Morgan fingerprint density at radius 1 is 1.39 bits per heavy atom. The Morgan fingerprint density at radius 3 is 2.56 bits per heavy atom. The van der Waals surface area contributed by atoms with Crippen molar-refractivity contribution in [3.8, 4) is 0 Å². The number of methoxy groups -OCH3 is 1. The van der Waals surface area contributed by atoms with Crippen molar-refractivity contribution in [1.82, 2.24) is 10.6 Å². The van der Waals surface area contributed by atoms with Crippen LogP contribution in [0, 0.1) is 5.92 Å². The van der Waals surface area contributed by atoms with E-state index >= 15 is 0 Å². The molecule has 6 nitrogen and oxygen atoms in total. The van der Waals surface area contributed by atoms with Crippen LogP contribution in [0.1, 0.15) is 32.6 Å². The normalized spacial score (nSPS) is 17.9. The number of carboxylic acids is 1. The van der Waals surface area contributed by atoms with Crippen molar-refractivity contribution in [3.63, 3.8) is 0 Å². The second-order valence-corrected chi connectivity index (χ2v) is 4.84. The van der Waals surface area contributed by atoms with Gasteiger partial charge in [-0.1, -0.05) is 0 Å². The molecule has 2 atom stereocenters. The quantitative estimate of drug-likeness (QED) is 0.605. The molecule has 104 valence electrons. The molecular weight excluding hydrogens is 236 g/mol. The molecular formula is C12H22N2O4. The molecule has 2 amide bonds. The van der Waals surface area contributed by atoms with E-state index < -0.39 is 5.97 Å². The number of hydrogen-bond donors (Lipinski definition) is 3. The molecule has 0 heterocycles. The van der Waals surface area contributed by atoms with Gasteiger partial charge in [-0.25, -0.2) is 4.79 Å². The fraction of sp³-hybridized carbons (Fsp3) is 0.833. The zero-order chi connectivity index (χ0) is 13.5. The van der Waals surface area contributed by atoms with Crippen LogP contribution in [0.25, 0.3) is 0 Å². The zero-order valence-electron chi connectivity index (χ0n) is 10.9. The van der Waals surface area contributed by atoms with Gasteiger partial charge in [0, 0.05) is 25.8 Å². The van der Waals surface area contributed by atoms with E-state index in [0.717, 1.165) is 19.3 Å². The van der Waals surface area contributed by atoms with Crippen LogP contribution in [0.2, 0.25) is 0 Å². The van der Waals surface area contributed by atoms with Gasteiger partial charge >= 0.3 is 12.0 Å². The third-order valence-electron chi connectivity index (χ3n) is 3.03. The first kappa shape index (κ1) is 14.8. The first-order valence-electron chi connectivity index (χ1n) is 6.30. The van der Waals surface area contributed by atoms with Gasteiger partial charge in [-0.05, 0) is 32.1 Å². The van der Waals surface area contributed by atoms with E-state index in [0.29, 0.717) is 12.5 Å². The number of hydrogen-bond acceptors (Lipinski definition) is 3. The lowest BCUT2D eigenvalue weighted by Gasteiger charge is -2.19. The summed E-state index contributed by atoms with van der Waals surface area (Å²) in [6.07, 6.45) is 2.72. The maximum Gasteiger partial charge on any atom is 0.315 e. The predicted molar refractivity (Wildman–Crippen MR) is 66.4 cm³/mol. The van der Waals surface area contributed by atoms with Gasteiger partial charge in [0.05, 0.1) is 6.42 Å². The van der Waals surface area contributed by atoms with Crippen molar-refractivity contribution in [2.45, 2.75) is 44.7 Å². The molecule has 0 radical (unpaired) electrons. The van der Waals surface area contributed by atoms with E-state index in [4.69, 9.17) is 9.84 Å². The Kier molecular flexibility index (Phi) is 5.91. The molecule has 1 aliphatic carbocycles. The van der Waals surface area contributed by atoms with Gasteiger partial charge in [-0.15, -0.1) is 0 Å². The van der Waals surface area contributed by atoms with Crippen LogP contribution in [-0.2, 0) is 9.53 Å². The Labute approximate surface area is 107 Å². The van der Waals surface area contributed by atoms with Crippen LogP contribution >= 0.6 is 0 Å². The number of ether oxygens (including phenoxy) is 1. The van der Waals surface area contributed by atoms with Crippen LogP contribution < -0.4 is 10.6 Å². The van der Waals surface area contributed by atoms with E-state index in [9.17, 15) is 9.59 Å². The number of urea groups is 1. The molecule has 0 spiro atoms. The van der Waals surface area contributed by atoms with Crippen LogP contribution in [0.3, 0.4) is 0 Å². The largest absolute Gasteiger partial charge is 0.481 e. The fourth-order valence-corrected chi connectivity index (χ4v) is 1.82. The highest BCUT2D eigenvalue weighted by atomic mass is 16.5. The summed E-state index contributed by atoms with van der Waals surface area (Å²) in [6, 6.07) is -0.538. The molecule has 0 aromatic carbocycles. The number of carbonyl (C=O) groups is 2. The molecule has 2 unspecified atom stereocenters. The maximum absolute atomic E-state index is 11.7. The van der Waals surface area contributed by atoms with Crippen LogP contribution in [-0.4, -0.2) is 42.9 Å². The minimum absolute atomic E-state index is 0.00892. The van der Waals surface area contributed by atoms with Crippen molar-refractivity contribution in [1.29, 1.82) is 0 Å². The minimum atomic E-state index is -0.875. The molecule has 0 aromatic heterocycles. The van der Waals surface area contributed by atoms with Gasteiger partial charge in [0.25, 0.3) is 0 Å². The van der Waals surface area contributed by atoms with Gasteiger partial charge in [-0.3, -0.25) is 4.79 Å². The average molecular weight is 258 g/mol. The van der Waals surface area contributed by atoms with Crippen molar-refractivity contribution < 1.29 is 19.4 Å². The number of amides is 2. The number of nitrogens with one attached hydrogen (secondary N) is 2. The van der Waals surface area contributed by atoms with Gasteiger partial charge in [0.1, 0.15) is 0 Å². The van der Waals surface area contributed by atoms with Crippen LogP contribution in [0.15, 0.2) is 0 Å². The Bertz CT molecular complexity index is 292. The zero-order valence-corrected chi connectivity index (χ0v) is 10.9.